The number of benzene rings is 2. The van der Waals surface area contributed by atoms with E-state index < -0.39 is 0 Å². The Balaban J connectivity index is 1.38. The summed E-state index contributed by atoms with van der Waals surface area (Å²) in [7, 11) is 0. The molecule has 2 aromatic carbocycles. The standard InChI is InChI=1S/C28H32N2O3/c1-17(2)29-13-12-27-21-15-20(31)9-8-19(21)14-24(29)28(27)11-10-22-25(27)23(33-28)16-30(22)26(32)18-6-4-3-5-7-18/h3-9,15,17,22-25,31H,10-14,16H2,1-2H3/t22?,23-,24?,25?,27?,28?/m1/s1. The lowest BCUT2D eigenvalue weighted by molar-refractivity contribution is -0.175. The number of aromatic hydroxyl groups is 1. The predicted molar refractivity (Wildman–Crippen MR) is 125 cm³/mol. The minimum absolute atomic E-state index is 0.0630. The first-order valence-corrected chi connectivity index (χ1v) is 12.6. The van der Waals surface area contributed by atoms with Crippen LogP contribution in [-0.2, 0) is 16.6 Å². The maximum absolute atomic E-state index is 13.6. The number of hydrogen-bond acceptors (Lipinski definition) is 4. The number of likely N-dealkylation sites (tertiary alicyclic amines) is 2. The average molecular weight is 445 g/mol. The van der Waals surface area contributed by atoms with Crippen LogP contribution in [0.5, 0.6) is 5.75 Å². The molecule has 5 unspecified atom stereocenters. The fraction of sp³-hybridized carbons (Fsp3) is 0.536. The fourth-order valence-electron chi connectivity index (χ4n) is 8.72. The van der Waals surface area contributed by atoms with Gasteiger partial charge in [-0.25, -0.2) is 0 Å². The van der Waals surface area contributed by atoms with E-state index in [0.29, 0.717) is 24.4 Å². The Labute approximate surface area is 195 Å². The molecule has 0 spiro atoms. The molecule has 2 aliphatic carbocycles. The number of ether oxygens (including phenoxy) is 1. The summed E-state index contributed by atoms with van der Waals surface area (Å²) in [4.78, 5) is 18.3. The van der Waals surface area contributed by atoms with Crippen LogP contribution in [0.2, 0.25) is 0 Å². The third kappa shape index (κ3) is 2.33. The molecule has 1 amide bonds. The Kier molecular flexibility index (Phi) is 4.01. The Morgan fingerprint density at radius 3 is 2.76 bits per heavy atom. The van der Waals surface area contributed by atoms with Gasteiger partial charge in [0.25, 0.3) is 5.91 Å². The van der Waals surface area contributed by atoms with Gasteiger partial charge in [0, 0.05) is 41.6 Å². The lowest BCUT2D eigenvalue weighted by Crippen LogP contribution is -2.74. The number of hydrogen-bond donors (Lipinski definition) is 1. The largest absolute Gasteiger partial charge is 0.508 e. The van der Waals surface area contributed by atoms with E-state index in [1.165, 1.54) is 11.1 Å². The highest BCUT2D eigenvalue weighted by Gasteiger charge is 2.78. The predicted octanol–water partition coefficient (Wildman–Crippen LogP) is 3.74. The van der Waals surface area contributed by atoms with Crippen molar-refractivity contribution < 1.29 is 14.6 Å². The number of phenols is 1. The van der Waals surface area contributed by atoms with E-state index >= 15 is 0 Å². The molecule has 1 saturated carbocycles. The highest BCUT2D eigenvalue weighted by atomic mass is 16.5. The van der Waals surface area contributed by atoms with Gasteiger partial charge in [0.15, 0.2) is 0 Å². The van der Waals surface area contributed by atoms with E-state index in [0.717, 1.165) is 37.8 Å². The Hall–Kier alpha value is -2.37. The average Bonchev–Trinajstić information content (AvgIpc) is 3.26. The van der Waals surface area contributed by atoms with Gasteiger partial charge in [-0.3, -0.25) is 9.69 Å². The highest BCUT2D eigenvalue weighted by Crippen LogP contribution is 2.69. The quantitative estimate of drug-likeness (QED) is 0.767. The fourth-order valence-corrected chi connectivity index (χ4v) is 8.72. The van der Waals surface area contributed by atoms with E-state index in [2.05, 4.69) is 29.7 Å². The second-order valence-corrected chi connectivity index (χ2v) is 11.1. The molecular formula is C28H32N2O3. The van der Waals surface area contributed by atoms with Crippen molar-refractivity contribution in [1.29, 1.82) is 0 Å². The molecule has 5 heteroatoms. The van der Waals surface area contributed by atoms with E-state index in [-0.39, 0.29) is 35.0 Å². The number of fused-ring (bicyclic) bond motifs is 1. The summed E-state index contributed by atoms with van der Waals surface area (Å²) >= 11 is 0. The number of phenolic OH excluding ortho intramolecular Hbond substituents is 1. The van der Waals surface area contributed by atoms with E-state index in [9.17, 15) is 9.90 Å². The Bertz CT molecular complexity index is 1130. The monoisotopic (exact) mass is 444 g/mol. The van der Waals surface area contributed by atoms with Gasteiger partial charge < -0.3 is 14.7 Å². The highest BCUT2D eigenvalue weighted by molar-refractivity contribution is 5.94. The van der Waals surface area contributed by atoms with Gasteiger partial charge in [0.05, 0.1) is 11.7 Å². The van der Waals surface area contributed by atoms with E-state index in [4.69, 9.17) is 4.74 Å². The zero-order valence-corrected chi connectivity index (χ0v) is 19.4. The molecule has 0 radical (unpaired) electrons. The number of carbonyl (C=O) groups excluding carboxylic acids is 1. The van der Waals surface area contributed by atoms with Crippen LogP contribution in [0, 0.1) is 5.92 Å². The first-order valence-electron chi connectivity index (χ1n) is 12.6. The lowest BCUT2D eigenvalue weighted by Gasteiger charge is -2.65. The van der Waals surface area contributed by atoms with Crippen LogP contribution < -0.4 is 0 Å². The molecule has 6 atom stereocenters. The molecule has 7 rings (SSSR count). The van der Waals surface area contributed by atoms with Crippen molar-refractivity contribution in [2.45, 2.75) is 74.8 Å². The third-order valence-electron chi connectivity index (χ3n) is 9.72. The summed E-state index contributed by atoms with van der Waals surface area (Å²) in [6.07, 6.45) is 4.05. The molecule has 3 aliphatic heterocycles. The van der Waals surface area contributed by atoms with Crippen molar-refractivity contribution in [2.24, 2.45) is 5.92 Å². The minimum Gasteiger partial charge on any atom is -0.508 e. The van der Waals surface area contributed by atoms with Crippen LogP contribution in [0.15, 0.2) is 48.5 Å². The third-order valence-corrected chi connectivity index (χ3v) is 9.72. The molecule has 5 nitrogen and oxygen atoms in total. The summed E-state index contributed by atoms with van der Waals surface area (Å²) < 4.78 is 7.20. The summed E-state index contributed by atoms with van der Waals surface area (Å²) in [6, 6.07) is 16.7. The van der Waals surface area contributed by atoms with Gasteiger partial charge in [-0.2, -0.15) is 0 Å². The van der Waals surface area contributed by atoms with Crippen molar-refractivity contribution in [1.82, 2.24) is 9.80 Å². The maximum atomic E-state index is 13.6. The maximum Gasteiger partial charge on any atom is 0.254 e. The minimum atomic E-state index is -0.218. The molecule has 1 N–H and O–H groups in total. The number of amides is 1. The van der Waals surface area contributed by atoms with Crippen LogP contribution in [-0.4, -0.2) is 63.7 Å². The lowest BCUT2D eigenvalue weighted by atomic mass is 9.46. The van der Waals surface area contributed by atoms with Gasteiger partial charge in [0.2, 0.25) is 0 Å². The normalized spacial score (nSPS) is 38.3. The van der Waals surface area contributed by atoms with Crippen molar-refractivity contribution in [3.05, 3.63) is 65.2 Å². The first kappa shape index (κ1) is 20.0. The molecule has 33 heavy (non-hydrogen) atoms. The zero-order chi connectivity index (χ0) is 22.5. The van der Waals surface area contributed by atoms with Crippen LogP contribution in [0.4, 0.5) is 0 Å². The van der Waals surface area contributed by atoms with Gasteiger partial charge in [0.1, 0.15) is 5.75 Å². The number of rotatable bonds is 2. The molecule has 4 bridgehead atoms. The van der Waals surface area contributed by atoms with Crippen LogP contribution >= 0.6 is 0 Å². The number of nitrogens with zero attached hydrogens (tertiary/aromatic N) is 2. The molecule has 3 saturated heterocycles. The smallest absolute Gasteiger partial charge is 0.254 e. The second-order valence-electron chi connectivity index (χ2n) is 11.1. The SMILES string of the molecule is CC(C)N1CCC23c4cc(O)ccc4CC1C21CCC2C3[C@@H](CN2C(=O)c2ccccc2)O1. The van der Waals surface area contributed by atoms with Crippen molar-refractivity contribution in [2.75, 3.05) is 13.1 Å². The second kappa shape index (κ2) is 6.61. The summed E-state index contributed by atoms with van der Waals surface area (Å²) in [5.74, 6) is 0.764. The number of piperidine rings is 1. The van der Waals surface area contributed by atoms with Gasteiger partial charge in [-0.1, -0.05) is 24.3 Å². The van der Waals surface area contributed by atoms with Crippen LogP contribution in [0.1, 0.15) is 54.6 Å². The van der Waals surface area contributed by atoms with Crippen molar-refractivity contribution >= 4 is 5.91 Å². The molecule has 0 aromatic heterocycles. The van der Waals surface area contributed by atoms with Crippen molar-refractivity contribution in [3.8, 4) is 5.75 Å². The van der Waals surface area contributed by atoms with Gasteiger partial charge in [-0.05, 0) is 81.5 Å². The molecule has 5 aliphatic rings. The van der Waals surface area contributed by atoms with Crippen LogP contribution in [0.3, 0.4) is 0 Å². The summed E-state index contributed by atoms with van der Waals surface area (Å²) in [5, 5.41) is 10.5. The molecular weight excluding hydrogens is 412 g/mol. The molecule has 172 valence electrons. The van der Waals surface area contributed by atoms with E-state index in [1.807, 2.05) is 42.5 Å². The molecule has 3 heterocycles. The van der Waals surface area contributed by atoms with Gasteiger partial charge >= 0.3 is 0 Å². The topological polar surface area (TPSA) is 53.0 Å². The Morgan fingerprint density at radius 2 is 1.97 bits per heavy atom. The molecule has 2 aromatic rings. The molecule has 4 fully saturated rings. The number of carbonyl (C=O) groups is 1. The van der Waals surface area contributed by atoms with Crippen molar-refractivity contribution in [3.63, 3.8) is 0 Å². The van der Waals surface area contributed by atoms with E-state index in [1.54, 1.807) is 0 Å². The zero-order valence-electron chi connectivity index (χ0n) is 19.4. The first-order chi connectivity index (χ1) is 16.0. The van der Waals surface area contributed by atoms with Crippen LogP contribution in [0.25, 0.3) is 0 Å². The summed E-state index contributed by atoms with van der Waals surface area (Å²) in [6.45, 7) is 6.33. The van der Waals surface area contributed by atoms with Gasteiger partial charge in [-0.15, -0.1) is 0 Å². The Morgan fingerprint density at radius 1 is 1.15 bits per heavy atom. The summed E-state index contributed by atoms with van der Waals surface area (Å²) in [5.41, 5.74) is 3.07.